The lowest BCUT2D eigenvalue weighted by Gasteiger charge is -2.15. The molecule has 3 aromatic rings. The van der Waals surface area contributed by atoms with E-state index in [2.05, 4.69) is 20.6 Å². The molecule has 0 aliphatic heterocycles. The molecular weight excluding hydrogens is 330 g/mol. The van der Waals surface area contributed by atoms with Gasteiger partial charge in [0.15, 0.2) is 11.2 Å². The van der Waals surface area contributed by atoms with Crippen LogP contribution < -0.4 is 10.9 Å². The fourth-order valence-corrected chi connectivity index (χ4v) is 3.53. The van der Waals surface area contributed by atoms with Crippen LogP contribution in [-0.4, -0.2) is 31.8 Å². The molecule has 7 nitrogen and oxygen atoms in total. The first-order chi connectivity index (χ1) is 12.7. The number of carbonyl (C=O) groups excluding carboxylic acids is 1. The number of rotatable bonds is 3. The number of nitrogens with zero attached hydrogens (tertiary/aromatic N) is 3. The quantitative estimate of drug-likeness (QED) is 0.709. The number of H-pyrrole nitrogens is 1. The van der Waals surface area contributed by atoms with E-state index >= 15 is 0 Å². The van der Waals surface area contributed by atoms with Crippen LogP contribution in [0.4, 0.5) is 0 Å². The van der Waals surface area contributed by atoms with Gasteiger partial charge in [0, 0.05) is 6.04 Å². The lowest BCUT2D eigenvalue weighted by Crippen LogP contribution is -2.35. The summed E-state index contributed by atoms with van der Waals surface area (Å²) in [5, 5.41) is 11.0. The van der Waals surface area contributed by atoms with Gasteiger partial charge in [0.25, 0.3) is 11.5 Å². The third-order valence-corrected chi connectivity index (χ3v) is 4.90. The molecule has 0 saturated heterocycles. The summed E-state index contributed by atoms with van der Waals surface area (Å²) in [6.07, 6.45) is 8.29. The van der Waals surface area contributed by atoms with Crippen molar-refractivity contribution in [1.29, 1.82) is 0 Å². The van der Waals surface area contributed by atoms with Crippen molar-refractivity contribution in [2.45, 2.75) is 44.6 Å². The molecule has 0 radical (unpaired) electrons. The van der Waals surface area contributed by atoms with Crippen molar-refractivity contribution in [2.24, 2.45) is 0 Å². The Morgan fingerprint density at radius 3 is 2.58 bits per heavy atom. The van der Waals surface area contributed by atoms with Gasteiger partial charge in [-0.1, -0.05) is 61.2 Å². The van der Waals surface area contributed by atoms with Gasteiger partial charge in [0.1, 0.15) is 0 Å². The Hall–Kier alpha value is -2.96. The Labute approximate surface area is 150 Å². The molecule has 1 aliphatic rings. The first kappa shape index (κ1) is 16.5. The largest absolute Gasteiger partial charge is 0.348 e. The molecule has 0 spiro atoms. The smallest absolute Gasteiger partial charge is 0.276 e. The summed E-state index contributed by atoms with van der Waals surface area (Å²) in [6.45, 7) is 0. The standard InChI is InChI=1S/C19H21N5O2/c25-18(20-14-10-6-1-2-7-11-14)16-17-19(26)21-15(12-24(17)23-22-16)13-8-4-3-5-9-13/h3-5,8-9,12,14H,1-2,6-7,10-11H2,(H,20,25)(H,21,26). The van der Waals surface area contributed by atoms with Crippen molar-refractivity contribution in [1.82, 2.24) is 25.1 Å². The molecule has 1 fully saturated rings. The number of aromatic amines is 1. The second-order valence-corrected chi connectivity index (χ2v) is 6.76. The fraction of sp³-hybridized carbons (Fsp3) is 0.368. The third kappa shape index (κ3) is 3.24. The zero-order valence-corrected chi connectivity index (χ0v) is 14.4. The van der Waals surface area contributed by atoms with Crippen molar-refractivity contribution in [3.63, 3.8) is 0 Å². The van der Waals surface area contributed by atoms with Gasteiger partial charge >= 0.3 is 0 Å². The molecule has 26 heavy (non-hydrogen) atoms. The topological polar surface area (TPSA) is 92.2 Å². The molecule has 7 heteroatoms. The number of fused-ring (bicyclic) bond motifs is 1. The highest BCUT2D eigenvalue weighted by atomic mass is 16.2. The number of nitrogens with one attached hydrogen (secondary N) is 2. The van der Waals surface area contributed by atoms with Crippen molar-refractivity contribution < 1.29 is 4.79 Å². The third-order valence-electron chi connectivity index (χ3n) is 4.90. The molecule has 2 N–H and O–H groups in total. The SMILES string of the molecule is O=C(NC1CCCCCC1)c1nnn2cc(-c3ccccc3)[nH]c(=O)c12. The molecule has 4 rings (SSSR count). The predicted molar refractivity (Wildman–Crippen MR) is 98.0 cm³/mol. The van der Waals surface area contributed by atoms with Crippen LogP contribution in [0.2, 0.25) is 0 Å². The molecule has 2 aromatic heterocycles. The zero-order valence-electron chi connectivity index (χ0n) is 14.4. The summed E-state index contributed by atoms with van der Waals surface area (Å²) in [4.78, 5) is 28.0. The second-order valence-electron chi connectivity index (χ2n) is 6.76. The van der Waals surface area contributed by atoms with Crippen LogP contribution in [0.5, 0.6) is 0 Å². The van der Waals surface area contributed by atoms with Gasteiger partial charge in [0.05, 0.1) is 11.9 Å². The summed E-state index contributed by atoms with van der Waals surface area (Å²) in [6, 6.07) is 9.63. The van der Waals surface area contributed by atoms with Crippen LogP contribution in [0.25, 0.3) is 16.8 Å². The van der Waals surface area contributed by atoms with E-state index in [0.717, 1.165) is 31.2 Å². The Bertz CT molecular complexity index is 969. The summed E-state index contributed by atoms with van der Waals surface area (Å²) >= 11 is 0. The first-order valence-electron chi connectivity index (χ1n) is 9.07. The monoisotopic (exact) mass is 351 g/mol. The molecular formula is C19H21N5O2. The summed E-state index contributed by atoms with van der Waals surface area (Å²) in [5.74, 6) is -0.329. The van der Waals surface area contributed by atoms with Crippen LogP contribution in [0.15, 0.2) is 41.3 Å². The summed E-state index contributed by atoms with van der Waals surface area (Å²) in [7, 11) is 0. The first-order valence-corrected chi connectivity index (χ1v) is 9.07. The average molecular weight is 351 g/mol. The molecule has 0 unspecified atom stereocenters. The summed E-state index contributed by atoms with van der Waals surface area (Å²) < 4.78 is 1.38. The normalized spacial score (nSPS) is 15.7. The van der Waals surface area contributed by atoms with E-state index in [-0.39, 0.29) is 28.7 Å². The lowest BCUT2D eigenvalue weighted by atomic mass is 10.1. The average Bonchev–Trinajstić information content (AvgIpc) is 2.93. The van der Waals surface area contributed by atoms with Crippen LogP contribution in [0.3, 0.4) is 0 Å². The highest BCUT2D eigenvalue weighted by Gasteiger charge is 2.22. The minimum Gasteiger partial charge on any atom is -0.348 e. The Morgan fingerprint density at radius 2 is 1.85 bits per heavy atom. The van der Waals surface area contributed by atoms with E-state index in [1.54, 1.807) is 6.20 Å². The predicted octanol–water partition coefficient (Wildman–Crippen LogP) is 2.54. The number of hydrogen-bond donors (Lipinski definition) is 2. The van der Waals surface area contributed by atoms with Gasteiger partial charge < -0.3 is 10.3 Å². The number of aromatic nitrogens is 4. The zero-order chi connectivity index (χ0) is 17.9. The molecule has 1 aromatic carbocycles. The van der Waals surface area contributed by atoms with Gasteiger partial charge in [-0.15, -0.1) is 5.10 Å². The maximum Gasteiger partial charge on any atom is 0.276 e. The molecule has 134 valence electrons. The number of amides is 1. The van der Waals surface area contributed by atoms with Crippen LogP contribution in [0, 0.1) is 0 Å². The molecule has 1 aliphatic carbocycles. The van der Waals surface area contributed by atoms with E-state index in [4.69, 9.17) is 0 Å². The second kappa shape index (κ2) is 7.11. The van der Waals surface area contributed by atoms with Gasteiger partial charge in [-0.05, 0) is 18.4 Å². The Morgan fingerprint density at radius 1 is 1.12 bits per heavy atom. The maximum absolute atomic E-state index is 12.6. The maximum atomic E-state index is 12.6. The van der Waals surface area contributed by atoms with Crippen LogP contribution in [-0.2, 0) is 0 Å². The molecule has 1 saturated carbocycles. The highest BCUT2D eigenvalue weighted by molar-refractivity contribution is 5.98. The van der Waals surface area contributed by atoms with Crippen LogP contribution in [0.1, 0.15) is 49.0 Å². The van der Waals surface area contributed by atoms with Crippen molar-refractivity contribution in [3.8, 4) is 11.3 Å². The minimum atomic E-state index is -0.373. The van der Waals surface area contributed by atoms with E-state index in [9.17, 15) is 9.59 Å². The van der Waals surface area contributed by atoms with Crippen molar-refractivity contribution in [3.05, 3.63) is 52.6 Å². The van der Waals surface area contributed by atoms with Gasteiger partial charge in [-0.25, -0.2) is 4.52 Å². The number of carbonyl (C=O) groups is 1. The van der Waals surface area contributed by atoms with Gasteiger partial charge in [-0.2, -0.15) is 0 Å². The van der Waals surface area contributed by atoms with Crippen molar-refractivity contribution >= 4 is 11.4 Å². The van der Waals surface area contributed by atoms with E-state index in [0.29, 0.717) is 5.69 Å². The van der Waals surface area contributed by atoms with Gasteiger partial charge in [0.2, 0.25) is 0 Å². The summed E-state index contributed by atoms with van der Waals surface area (Å²) in [5.41, 5.74) is 1.38. The Kier molecular flexibility index (Phi) is 4.51. The van der Waals surface area contributed by atoms with E-state index < -0.39 is 0 Å². The minimum absolute atomic E-state index is 0.0788. The molecule has 1 amide bonds. The van der Waals surface area contributed by atoms with Crippen molar-refractivity contribution in [2.75, 3.05) is 0 Å². The lowest BCUT2D eigenvalue weighted by molar-refractivity contribution is 0.0930. The van der Waals surface area contributed by atoms with Crippen LogP contribution >= 0.6 is 0 Å². The molecule has 0 bridgehead atoms. The number of benzene rings is 1. The molecule has 2 heterocycles. The van der Waals surface area contributed by atoms with Gasteiger partial charge in [-0.3, -0.25) is 9.59 Å². The molecule has 0 atom stereocenters. The highest BCUT2D eigenvalue weighted by Crippen LogP contribution is 2.18. The Balaban J connectivity index is 1.64. The van der Waals surface area contributed by atoms with E-state index in [1.807, 2.05) is 30.3 Å². The number of hydrogen-bond acceptors (Lipinski definition) is 4. The fourth-order valence-electron chi connectivity index (χ4n) is 3.53. The van der Waals surface area contributed by atoms with E-state index in [1.165, 1.54) is 17.4 Å².